The van der Waals surface area contributed by atoms with E-state index in [1.165, 1.54) is 0 Å². The minimum atomic E-state index is -0.0360. The number of hydrogen-bond donors (Lipinski definition) is 2. The Bertz CT molecular complexity index is 413. The summed E-state index contributed by atoms with van der Waals surface area (Å²) in [5.74, 6) is 0.473. The molecule has 2 amide bonds. The van der Waals surface area contributed by atoms with Crippen LogP contribution in [0.2, 0.25) is 0 Å². The predicted octanol–water partition coefficient (Wildman–Crippen LogP) is 1.92. The van der Waals surface area contributed by atoms with Crippen molar-refractivity contribution >= 4 is 11.8 Å². The Morgan fingerprint density at radius 2 is 1.96 bits per heavy atom. The van der Waals surface area contributed by atoms with Gasteiger partial charge in [0, 0.05) is 31.1 Å². The van der Waals surface area contributed by atoms with E-state index in [-0.39, 0.29) is 29.7 Å². The summed E-state index contributed by atoms with van der Waals surface area (Å²) in [6, 6.07) is 0.665. The molecule has 2 aliphatic heterocycles. The number of unbranched alkanes of at least 4 members (excludes halogenated alkanes) is 1. The van der Waals surface area contributed by atoms with Gasteiger partial charge in [-0.15, -0.1) is 0 Å². The van der Waals surface area contributed by atoms with Crippen LogP contribution in [-0.2, 0) is 9.59 Å². The Hall–Kier alpha value is -1.10. The number of amides is 2. The summed E-state index contributed by atoms with van der Waals surface area (Å²) in [5, 5.41) is 6.43. The number of hydrogen-bond acceptors (Lipinski definition) is 3. The highest BCUT2D eigenvalue weighted by molar-refractivity contribution is 5.82. The summed E-state index contributed by atoms with van der Waals surface area (Å²) in [6.07, 6.45) is 5.75. The van der Waals surface area contributed by atoms with Crippen LogP contribution in [0.1, 0.15) is 59.3 Å². The smallest absolute Gasteiger partial charge is 0.226 e. The monoisotopic (exact) mass is 323 g/mol. The average molecular weight is 323 g/mol. The van der Waals surface area contributed by atoms with E-state index >= 15 is 0 Å². The first kappa shape index (κ1) is 18.2. The molecular formula is C18H33N3O2. The highest BCUT2D eigenvalue weighted by Crippen LogP contribution is 2.27. The second-order valence-electron chi connectivity index (χ2n) is 7.33. The molecule has 2 N–H and O–H groups in total. The lowest BCUT2D eigenvalue weighted by molar-refractivity contribution is -0.143. The van der Waals surface area contributed by atoms with Crippen molar-refractivity contribution in [2.75, 3.05) is 19.6 Å². The lowest BCUT2D eigenvalue weighted by Crippen LogP contribution is -2.53. The maximum atomic E-state index is 12.9. The summed E-state index contributed by atoms with van der Waals surface area (Å²) in [4.78, 5) is 27.2. The van der Waals surface area contributed by atoms with Crippen molar-refractivity contribution in [3.05, 3.63) is 0 Å². The maximum absolute atomic E-state index is 12.9. The molecular weight excluding hydrogens is 290 g/mol. The number of carbonyl (C=O) groups is 2. The minimum Gasteiger partial charge on any atom is -0.356 e. The molecule has 2 unspecified atom stereocenters. The van der Waals surface area contributed by atoms with Crippen molar-refractivity contribution < 1.29 is 9.59 Å². The fourth-order valence-corrected chi connectivity index (χ4v) is 3.75. The Balaban J connectivity index is 1.91. The average Bonchev–Trinajstić information content (AvgIpc) is 2.54. The van der Waals surface area contributed by atoms with Crippen LogP contribution >= 0.6 is 0 Å². The van der Waals surface area contributed by atoms with Gasteiger partial charge in [0.1, 0.15) is 0 Å². The zero-order valence-electron chi connectivity index (χ0n) is 14.9. The number of nitrogens with one attached hydrogen (secondary N) is 2. The van der Waals surface area contributed by atoms with Gasteiger partial charge in [-0.2, -0.15) is 0 Å². The fraction of sp³-hybridized carbons (Fsp3) is 0.889. The molecule has 2 saturated heterocycles. The highest BCUT2D eigenvalue weighted by Gasteiger charge is 2.36. The molecule has 0 aliphatic carbocycles. The molecule has 0 aromatic rings. The maximum Gasteiger partial charge on any atom is 0.226 e. The van der Waals surface area contributed by atoms with Gasteiger partial charge in [-0.25, -0.2) is 0 Å². The number of carbonyl (C=O) groups excluding carboxylic acids is 2. The van der Waals surface area contributed by atoms with Gasteiger partial charge >= 0.3 is 0 Å². The number of nitrogens with zero attached hydrogens (tertiary/aromatic N) is 1. The van der Waals surface area contributed by atoms with Crippen molar-refractivity contribution in [2.45, 2.75) is 71.4 Å². The highest BCUT2D eigenvalue weighted by atomic mass is 16.2. The van der Waals surface area contributed by atoms with Crippen molar-refractivity contribution in [3.63, 3.8) is 0 Å². The zero-order valence-corrected chi connectivity index (χ0v) is 14.9. The van der Waals surface area contributed by atoms with Gasteiger partial charge < -0.3 is 15.5 Å². The predicted molar refractivity (Wildman–Crippen MR) is 92.0 cm³/mol. The number of rotatable bonds is 5. The topological polar surface area (TPSA) is 61.4 Å². The van der Waals surface area contributed by atoms with Crippen LogP contribution in [0.25, 0.3) is 0 Å². The Morgan fingerprint density at radius 1 is 1.17 bits per heavy atom. The van der Waals surface area contributed by atoms with Crippen LogP contribution in [0.15, 0.2) is 0 Å². The quantitative estimate of drug-likeness (QED) is 0.760. The molecule has 5 heteroatoms. The minimum absolute atomic E-state index is 0.0360. The van der Waals surface area contributed by atoms with Gasteiger partial charge in [-0.1, -0.05) is 13.3 Å². The molecule has 2 fully saturated rings. The molecule has 0 aromatic carbocycles. The molecule has 5 nitrogen and oxygen atoms in total. The summed E-state index contributed by atoms with van der Waals surface area (Å²) < 4.78 is 0. The summed E-state index contributed by atoms with van der Waals surface area (Å²) in [5.41, 5.74) is 0. The Labute approximate surface area is 140 Å². The van der Waals surface area contributed by atoms with Crippen LogP contribution in [0.5, 0.6) is 0 Å². The van der Waals surface area contributed by atoms with Crippen LogP contribution in [0.3, 0.4) is 0 Å². The van der Waals surface area contributed by atoms with Crippen LogP contribution in [-0.4, -0.2) is 48.4 Å². The molecule has 0 saturated carbocycles. The number of piperidine rings is 2. The van der Waals surface area contributed by atoms with Crippen LogP contribution < -0.4 is 10.6 Å². The molecule has 4 atom stereocenters. The van der Waals surface area contributed by atoms with E-state index in [2.05, 4.69) is 31.4 Å². The zero-order chi connectivity index (χ0) is 16.8. The van der Waals surface area contributed by atoms with Crippen LogP contribution in [0.4, 0.5) is 0 Å². The molecule has 132 valence electrons. The van der Waals surface area contributed by atoms with E-state index in [9.17, 15) is 9.59 Å². The van der Waals surface area contributed by atoms with Crippen molar-refractivity contribution in [2.24, 2.45) is 11.8 Å². The lowest BCUT2D eigenvalue weighted by atomic mass is 9.88. The van der Waals surface area contributed by atoms with E-state index in [4.69, 9.17) is 0 Å². The number of likely N-dealkylation sites (tertiary alicyclic amines) is 1. The SMILES string of the molecule is CCCCNC(=O)C1CCC(C)N(C(=O)[C@H]2CCN[C@@H](C)C2)C1. The molecule has 0 aromatic heterocycles. The van der Waals surface area contributed by atoms with Crippen molar-refractivity contribution in [1.82, 2.24) is 15.5 Å². The normalized spacial score (nSPS) is 31.7. The van der Waals surface area contributed by atoms with Crippen molar-refractivity contribution in [3.8, 4) is 0 Å². The van der Waals surface area contributed by atoms with Gasteiger partial charge in [-0.3, -0.25) is 9.59 Å². The van der Waals surface area contributed by atoms with E-state index in [0.29, 0.717) is 12.6 Å². The largest absolute Gasteiger partial charge is 0.356 e. The standard InChI is InChI=1S/C18H33N3O2/c1-4-5-9-20-17(22)16-7-6-14(3)21(12-16)18(23)15-8-10-19-13(2)11-15/h13-16,19H,4-12H2,1-3H3,(H,20,22)/t13-,14?,15-,16?/m0/s1. The van der Waals surface area contributed by atoms with Crippen LogP contribution in [0, 0.1) is 11.8 Å². The molecule has 0 spiro atoms. The molecule has 2 rings (SSSR count). The van der Waals surface area contributed by atoms with Gasteiger partial charge in [-0.05, 0) is 52.5 Å². The lowest BCUT2D eigenvalue weighted by Gasteiger charge is -2.40. The Morgan fingerprint density at radius 3 is 2.65 bits per heavy atom. The second-order valence-corrected chi connectivity index (χ2v) is 7.33. The fourth-order valence-electron chi connectivity index (χ4n) is 3.75. The van der Waals surface area contributed by atoms with Gasteiger partial charge in [0.05, 0.1) is 5.92 Å². The second kappa shape index (κ2) is 8.67. The first-order chi connectivity index (χ1) is 11.0. The summed E-state index contributed by atoms with van der Waals surface area (Å²) >= 11 is 0. The molecule has 2 heterocycles. The summed E-state index contributed by atoms with van der Waals surface area (Å²) in [7, 11) is 0. The molecule has 2 aliphatic rings. The molecule has 0 radical (unpaired) electrons. The van der Waals surface area contributed by atoms with E-state index in [1.807, 2.05) is 4.90 Å². The third-order valence-corrected chi connectivity index (χ3v) is 5.34. The van der Waals surface area contributed by atoms with Crippen molar-refractivity contribution in [1.29, 1.82) is 0 Å². The first-order valence-electron chi connectivity index (χ1n) is 9.34. The Kier molecular flexibility index (Phi) is 6.88. The third kappa shape index (κ3) is 4.93. The van der Waals surface area contributed by atoms with E-state index < -0.39 is 0 Å². The van der Waals surface area contributed by atoms with Gasteiger partial charge in [0.2, 0.25) is 11.8 Å². The van der Waals surface area contributed by atoms with E-state index in [1.54, 1.807) is 0 Å². The van der Waals surface area contributed by atoms with Gasteiger partial charge in [0.25, 0.3) is 0 Å². The third-order valence-electron chi connectivity index (χ3n) is 5.34. The summed E-state index contributed by atoms with van der Waals surface area (Å²) in [6.45, 7) is 8.64. The van der Waals surface area contributed by atoms with Gasteiger partial charge in [0.15, 0.2) is 0 Å². The van der Waals surface area contributed by atoms with E-state index in [0.717, 1.165) is 51.6 Å². The molecule has 23 heavy (non-hydrogen) atoms. The molecule has 0 bridgehead atoms. The first-order valence-corrected chi connectivity index (χ1v) is 9.34.